The summed E-state index contributed by atoms with van der Waals surface area (Å²) in [6, 6.07) is 21.2. The summed E-state index contributed by atoms with van der Waals surface area (Å²) in [6.07, 6.45) is 5.33. The number of thiazole rings is 1. The van der Waals surface area contributed by atoms with Crippen LogP contribution in [0.4, 0.5) is 0 Å². The second-order valence-electron chi connectivity index (χ2n) is 10.9. The fourth-order valence-electron chi connectivity index (χ4n) is 5.54. The van der Waals surface area contributed by atoms with E-state index in [1.807, 2.05) is 60.8 Å². The molecule has 6 rings (SSSR count). The first-order valence-corrected chi connectivity index (χ1v) is 16.0. The molecule has 0 N–H and O–H groups in total. The van der Waals surface area contributed by atoms with Crippen molar-refractivity contribution in [2.45, 2.75) is 19.9 Å². The minimum absolute atomic E-state index is 0.195. The van der Waals surface area contributed by atoms with Crippen molar-refractivity contribution in [3.63, 3.8) is 0 Å². The summed E-state index contributed by atoms with van der Waals surface area (Å²) in [4.78, 5) is 44.3. The van der Waals surface area contributed by atoms with Gasteiger partial charge in [-0.15, -0.1) is 0 Å². The molecule has 0 amide bonds. The van der Waals surface area contributed by atoms with Crippen molar-refractivity contribution < 1.29 is 28.5 Å². The van der Waals surface area contributed by atoms with Crippen molar-refractivity contribution >= 4 is 29.4 Å². The van der Waals surface area contributed by atoms with Crippen molar-refractivity contribution in [2.24, 2.45) is 4.99 Å². The fourth-order valence-corrected chi connectivity index (χ4v) is 6.57. The number of hydrogen-bond acceptors (Lipinski definition) is 10. The molecule has 12 heteroatoms. The molecule has 1 aliphatic rings. The highest BCUT2D eigenvalue weighted by atomic mass is 32.1. The van der Waals surface area contributed by atoms with Crippen LogP contribution in [-0.4, -0.2) is 47.1 Å². The van der Waals surface area contributed by atoms with Gasteiger partial charge in [0.05, 0.1) is 41.8 Å². The fraction of sp³-hybridized carbons (Fsp3) is 0.162. The van der Waals surface area contributed by atoms with Crippen molar-refractivity contribution in [1.29, 1.82) is 0 Å². The Balaban J connectivity index is 1.53. The van der Waals surface area contributed by atoms with E-state index in [2.05, 4.69) is 11.6 Å². The Bertz CT molecular complexity index is 2280. The Morgan fingerprint density at radius 2 is 1.78 bits per heavy atom. The molecule has 3 aromatic carbocycles. The van der Waals surface area contributed by atoms with Gasteiger partial charge in [0.15, 0.2) is 16.3 Å². The Hall–Kier alpha value is -6.01. The first kappa shape index (κ1) is 32.9. The van der Waals surface area contributed by atoms with E-state index in [9.17, 15) is 14.4 Å². The highest BCUT2D eigenvalue weighted by Crippen LogP contribution is 2.36. The molecule has 0 aliphatic carbocycles. The smallest absolute Gasteiger partial charge is 0.338 e. The number of nitrogens with zero attached hydrogens (tertiary/aromatic N) is 4. The quantitative estimate of drug-likeness (QED) is 0.118. The number of fused-ring (bicyclic) bond motifs is 1. The van der Waals surface area contributed by atoms with Crippen molar-refractivity contribution in [3.8, 4) is 34.2 Å². The average molecular weight is 677 g/mol. The van der Waals surface area contributed by atoms with Gasteiger partial charge >= 0.3 is 11.9 Å². The number of rotatable bonds is 10. The number of allylic oxidation sites excluding steroid dienone is 1. The number of carbonyl (C=O) groups is 2. The van der Waals surface area contributed by atoms with E-state index in [0.29, 0.717) is 44.2 Å². The molecule has 0 saturated heterocycles. The van der Waals surface area contributed by atoms with Gasteiger partial charge in [-0.3, -0.25) is 14.2 Å². The Morgan fingerprint density at radius 3 is 2.45 bits per heavy atom. The van der Waals surface area contributed by atoms with Crippen LogP contribution in [0.3, 0.4) is 0 Å². The van der Waals surface area contributed by atoms with Gasteiger partial charge in [-0.2, -0.15) is 5.10 Å². The van der Waals surface area contributed by atoms with E-state index in [-0.39, 0.29) is 22.6 Å². The van der Waals surface area contributed by atoms with Gasteiger partial charge in [-0.25, -0.2) is 14.5 Å². The van der Waals surface area contributed by atoms with E-state index in [1.165, 1.54) is 37.0 Å². The molecule has 1 unspecified atom stereocenters. The van der Waals surface area contributed by atoms with E-state index >= 15 is 0 Å². The zero-order valence-electron chi connectivity index (χ0n) is 27.2. The molecule has 0 radical (unpaired) electrons. The molecule has 0 fully saturated rings. The zero-order chi connectivity index (χ0) is 34.7. The summed E-state index contributed by atoms with van der Waals surface area (Å²) < 4.78 is 25.2. The minimum Gasteiger partial charge on any atom is -0.493 e. The lowest BCUT2D eigenvalue weighted by Gasteiger charge is -2.25. The normalized spacial score (nSPS) is 14.1. The van der Waals surface area contributed by atoms with Gasteiger partial charge < -0.3 is 18.9 Å². The van der Waals surface area contributed by atoms with Crippen molar-refractivity contribution in [3.05, 3.63) is 134 Å². The van der Waals surface area contributed by atoms with E-state index in [1.54, 1.807) is 42.0 Å². The zero-order valence-corrected chi connectivity index (χ0v) is 28.0. The van der Waals surface area contributed by atoms with Crippen LogP contribution in [0, 0.1) is 0 Å². The van der Waals surface area contributed by atoms with Gasteiger partial charge in [0, 0.05) is 24.2 Å². The van der Waals surface area contributed by atoms with E-state index in [4.69, 9.17) is 24.0 Å². The van der Waals surface area contributed by atoms with Crippen LogP contribution < -0.4 is 29.1 Å². The molecule has 5 aromatic rings. The van der Waals surface area contributed by atoms with Crippen LogP contribution in [0.2, 0.25) is 0 Å². The maximum atomic E-state index is 14.4. The molecule has 248 valence electrons. The van der Waals surface area contributed by atoms with Crippen LogP contribution in [0.1, 0.15) is 31.0 Å². The molecule has 1 atom stereocenters. The lowest BCUT2D eigenvalue weighted by Crippen LogP contribution is -2.39. The molecule has 11 nitrogen and oxygen atoms in total. The van der Waals surface area contributed by atoms with Gasteiger partial charge in [-0.05, 0) is 67.1 Å². The maximum absolute atomic E-state index is 14.4. The van der Waals surface area contributed by atoms with Crippen LogP contribution in [0.25, 0.3) is 23.0 Å². The average Bonchev–Trinajstić information content (AvgIpc) is 3.67. The number of methoxy groups -OCH3 is 2. The monoisotopic (exact) mass is 676 g/mol. The topological polar surface area (TPSA) is 123 Å². The summed E-state index contributed by atoms with van der Waals surface area (Å²) in [5.74, 6) is 0.00469. The van der Waals surface area contributed by atoms with Crippen molar-refractivity contribution in [1.82, 2.24) is 14.3 Å². The Kier molecular flexibility index (Phi) is 9.40. The molecule has 49 heavy (non-hydrogen) atoms. The van der Waals surface area contributed by atoms with Gasteiger partial charge in [0.25, 0.3) is 5.56 Å². The van der Waals surface area contributed by atoms with Crippen LogP contribution in [0.5, 0.6) is 17.2 Å². The second-order valence-corrected chi connectivity index (χ2v) is 11.9. The largest absolute Gasteiger partial charge is 0.493 e. The second kappa shape index (κ2) is 14.0. The Labute approximate surface area is 285 Å². The lowest BCUT2D eigenvalue weighted by molar-refractivity contribution is -0.136. The molecule has 1 aliphatic heterocycles. The highest BCUT2D eigenvalue weighted by Gasteiger charge is 2.34. The van der Waals surface area contributed by atoms with Gasteiger partial charge in [-0.1, -0.05) is 48.3 Å². The SMILES string of the molecule is C=CCOc1ccc(-c2nn(-c3ccccc3)cc2C=c2sc3n(c2=O)C(c2ccc(OC(C)=O)c(OC)c2)C(C(=O)OC)=C(C)N=3)cc1. The molecule has 2 aromatic heterocycles. The predicted octanol–water partition coefficient (Wildman–Crippen LogP) is 4.76. The van der Waals surface area contributed by atoms with E-state index < -0.39 is 18.0 Å². The van der Waals surface area contributed by atoms with E-state index in [0.717, 1.165) is 11.3 Å². The third-order valence-corrected chi connectivity index (χ3v) is 8.71. The Morgan fingerprint density at radius 1 is 1.02 bits per heavy atom. The van der Waals surface area contributed by atoms with Crippen LogP contribution in [-0.2, 0) is 14.3 Å². The minimum atomic E-state index is -0.902. The number of aromatic nitrogens is 3. The third-order valence-electron chi connectivity index (χ3n) is 7.73. The molecule has 3 heterocycles. The lowest BCUT2D eigenvalue weighted by atomic mass is 9.95. The molecule has 0 saturated carbocycles. The summed E-state index contributed by atoms with van der Waals surface area (Å²) in [5, 5.41) is 4.90. The molecular formula is C37H32N4O7S. The van der Waals surface area contributed by atoms with Crippen LogP contribution in [0.15, 0.2) is 113 Å². The highest BCUT2D eigenvalue weighted by molar-refractivity contribution is 7.07. The summed E-state index contributed by atoms with van der Waals surface area (Å²) in [6.45, 7) is 7.07. The van der Waals surface area contributed by atoms with Gasteiger partial charge in [0.1, 0.15) is 18.1 Å². The summed E-state index contributed by atoms with van der Waals surface area (Å²) >= 11 is 1.20. The first-order chi connectivity index (χ1) is 23.7. The van der Waals surface area contributed by atoms with Gasteiger partial charge in [0.2, 0.25) is 0 Å². The summed E-state index contributed by atoms with van der Waals surface area (Å²) in [5.41, 5.74) is 3.79. The molecule has 0 spiro atoms. The van der Waals surface area contributed by atoms with Crippen molar-refractivity contribution in [2.75, 3.05) is 20.8 Å². The number of esters is 2. The standard InChI is InChI=1S/C37H32N4O7S/c1-6-18-47-28-15-12-24(13-16-28)33-26(21-40(39-33)27-10-8-7-9-11-27)20-31-35(43)41-34(32(36(44)46-5)22(2)38-37(41)49-31)25-14-17-29(48-23(3)42)30(19-25)45-4/h6-17,19-21,34H,1,18H2,2-5H3. The number of ether oxygens (including phenoxy) is 4. The number of benzene rings is 3. The summed E-state index contributed by atoms with van der Waals surface area (Å²) in [7, 11) is 2.72. The number of hydrogen-bond donors (Lipinski definition) is 0. The first-order valence-electron chi connectivity index (χ1n) is 15.2. The predicted molar refractivity (Wildman–Crippen MR) is 185 cm³/mol. The maximum Gasteiger partial charge on any atom is 0.338 e. The third kappa shape index (κ3) is 6.58. The van der Waals surface area contributed by atoms with Crippen LogP contribution >= 0.6 is 11.3 Å². The molecule has 0 bridgehead atoms. The molecular weight excluding hydrogens is 644 g/mol. The number of para-hydroxylation sites is 1. The number of carbonyl (C=O) groups excluding carboxylic acids is 2.